The summed E-state index contributed by atoms with van der Waals surface area (Å²) in [5.74, 6) is 0.351. The Morgan fingerprint density at radius 3 is 2.95 bits per heavy atom. The molecule has 0 aliphatic heterocycles. The Kier molecular flexibility index (Phi) is 4.58. The number of aromatic nitrogens is 2. The van der Waals surface area contributed by atoms with Crippen molar-refractivity contribution in [2.75, 3.05) is 5.33 Å². The van der Waals surface area contributed by atoms with Crippen LogP contribution in [-0.2, 0) is 0 Å². The van der Waals surface area contributed by atoms with Gasteiger partial charge in [-0.25, -0.2) is 4.52 Å². The zero-order valence-corrected chi connectivity index (χ0v) is 12.7. The molecule has 2 aromatic heterocycles. The van der Waals surface area contributed by atoms with Crippen LogP contribution in [0.25, 0.3) is 5.52 Å². The van der Waals surface area contributed by atoms with Gasteiger partial charge in [0.25, 0.3) is 5.91 Å². The number of rotatable bonds is 5. The number of carbonyl (C=O) groups excluding carboxylic acids is 1. The normalized spacial score (nSPS) is 12.8. The lowest BCUT2D eigenvalue weighted by molar-refractivity contribution is 0.0926. The van der Waals surface area contributed by atoms with E-state index in [1.165, 1.54) is 0 Å². The fourth-order valence-corrected chi connectivity index (χ4v) is 2.54. The van der Waals surface area contributed by atoms with Gasteiger partial charge in [-0.2, -0.15) is 5.10 Å². The van der Waals surface area contributed by atoms with Crippen LogP contribution in [0.15, 0.2) is 30.6 Å². The quantitative estimate of drug-likeness (QED) is 0.860. The van der Waals surface area contributed by atoms with Gasteiger partial charge in [0, 0.05) is 17.6 Å². The van der Waals surface area contributed by atoms with Crippen molar-refractivity contribution < 1.29 is 4.79 Å². The zero-order valence-electron chi connectivity index (χ0n) is 11.1. The molecule has 1 amide bonds. The van der Waals surface area contributed by atoms with Gasteiger partial charge in [0.15, 0.2) is 0 Å². The minimum atomic E-state index is -0.0548. The van der Waals surface area contributed by atoms with E-state index in [1.54, 1.807) is 10.7 Å². The first-order valence-corrected chi connectivity index (χ1v) is 7.55. The van der Waals surface area contributed by atoms with Crippen molar-refractivity contribution in [2.45, 2.75) is 26.3 Å². The average molecular weight is 324 g/mol. The van der Waals surface area contributed by atoms with E-state index in [0.717, 1.165) is 17.3 Å². The molecule has 5 heteroatoms. The molecule has 0 bridgehead atoms. The minimum Gasteiger partial charge on any atom is -0.349 e. The summed E-state index contributed by atoms with van der Waals surface area (Å²) in [6.45, 7) is 4.23. The molecule has 0 radical (unpaired) electrons. The fourth-order valence-electron chi connectivity index (χ4n) is 2.05. The Hall–Kier alpha value is -1.36. The maximum Gasteiger partial charge on any atom is 0.255 e. The summed E-state index contributed by atoms with van der Waals surface area (Å²) in [6.07, 6.45) is 4.38. The second-order valence-corrected chi connectivity index (χ2v) is 5.68. The average Bonchev–Trinajstić information content (AvgIpc) is 2.81. The van der Waals surface area contributed by atoms with E-state index in [-0.39, 0.29) is 11.9 Å². The van der Waals surface area contributed by atoms with E-state index in [0.29, 0.717) is 11.5 Å². The van der Waals surface area contributed by atoms with Crippen molar-refractivity contribution in [1.29, 1.82) is 0 Å². The summed E-state index contributed by atoms with van der Waals surface area (Å²) < 4.78 is 1.71. The number of fused-ring (bicyclic) bond motifs is 1. The van der Waals surface area contributed by atoms with Crippen molar-refractivity contribution >= 4 is 27.4 Å². The number of alkyl halides is 1. The lowest BCUT2D eigenvalue weighted by Gasteiger charge is -2.21. The Morgan fingerprint density at radius 2 is 2.26 bits per heavy atom. The molecule has 0 saturated carbocycles. The summed E-state index contributed by atoms with van der Waals surface area (Å²) in [6, 6.07) is 5.87. The molecular formula is C14H18BrN3O. The standard InChI is InChI=1S/C14H18BrN3O/c1-10(2)12(6-7-15)17-14(19)11-9-16-18-8-4-3-5-13(11)18/h3-5,8-10,12H,6-7H2,1-2H3,(H,17,19). The maximum atomic E-state index is 12.3. The van der Waals surface area contributed by atoms with Gasteiger partial charge in [0.05, 0.1) is 17.3 Å². The van der Waals surface area contributed by atoms with Gasteiger partial charge in [0.2, 0.25) is 0 Å². The highest BCUT2D eigenvalue weighted by Crippen LogP contribution is 2.13. The van der Waals surface area contributed by atoms with Crippen molar-refractivity contribution in [3.05, 3.63) is 36.2 Å². The topological polar surface area (TPSA) is 46.4 Å². The molecule has 2 rings (SSSR count). The predicted molar refractivity (Wildman–Crippen MR) is 79.7 cm³/mol. The summed E-state index contributed by atoms with van der Waals surface area (Å²) in [5.41, 5.74) is 1.46. The molecule has 0 fully saturated rings. The molecule has 0 aromatic carbocycles. The van der Waals surface area contributed by atoms with Gasteiger partial charge < -0.3 is 5.32 Å². The molecule has 19 heavy (non-hydrogen) atoms. The first-order chi connectivity index (χ1) is 9.13. The third kappa shape index (κ3) is 3.15. The lowest BCUT2D eigenvalue weighted by atomic mass is 10.0. The zero-order chi connectivity index (χ0) is 13.8. The summed E-state index contributed by atoms with van der Waals surface area (Å²) in [4.78, 5) is 12.3. The molecule has 102 valence electrons. The number of hydrogen-bond acceptors (Lipinski definition) is 2. The Morgan fingerprint density at radius 1 is 1.47 bits per heavy atom. The summed E-state index contributed by atoms with van der Waals surface area (Å²) in [5, 5.41) is 8.15. The van der Waals surface area contributed by atoms with Crippen LogP contribution >= 0.6 is 15.9 Å². The van der Waals surface area contributed by atoms with Crippen LogP contribution in [0.4, 0.5) is 0 Å². The molecule has 1 unspecified atom stereocenters. The van der Waals surface area contributed by atoms with Crippen molar-refractivity contribution in [1.82, 2.24) is 14.9 Å². The highest BCUT2D eigenvalue weighted by atomic mass is 79.9. The van der Waals surface area contributed by atoms with E-state index in [9.17, 15) is 4.79 Å². The van der Waals surface area contributed by atoms with E-state index >= 15 is 0 Å². The largest absolute Gasteiger partial charge is 0.349 e. The van der Waals surface area contributed by atoms with Crippen molar-refractivity contribution in [3.63, 3.8) is 0 Å². The van der Waals surface area contributed by atoms with Crippen LogP contribution in [0.5, 0.6) is 0 Å². The summed E-state index contributed by atoms with van der Waals surface area (Å²) >= 11 is 3.43. The highest BCUT2D eigenvalue weighted by Gasteiger charge is 2.18. The number of amides is 1. The maximum absolute atomic E-state index is 12.3. The van der Waals surface area contributed by atoms with Crippen molar-refractivity contribution in [3.8, 4) is 0 Å². The molecule has 2 heterocycles. The predicted octanol–water partition coefficient (Wildman–Crippen LogP) is 2.87. The third-order valence-electron chi connectivity index (χ3n) is 3.21. The number of carbonyl (C=O) groups is 1. The van der Waals surface area contributed by atoms with Crippen LogP contribution in [0.1, 0.15) is 30.6 Å². The molecule has 0 saturated heterocycles. The molecule has 1 N–H and O–H groups in total. The Balaban J connectivity index is 2.19. The van der Waals surface area contributed by atoms with Gasteiger partial charge in [-0.3, -0.25) is 4.79 Å². The Bertz CT molecular complexity index is 565. The van der Waals surface area contributed by atoms with Gasteiger partial charge in [-0.1, -0.05) is 35.8 Å². The second kappa shape index (κ2) is 6.19. The van der Waals surface area contributed by atoms with Crippen LogP contribution in [-0.4, -0.2) is 26.9 Å². The Labute approximate surface area is 121 Å². The van der Waals surface area contributed by atoms with Gasteiger partial charge in [-0.15, -0.1) is 0 Å². The van der Waals surface area contributed by atoms with Crippen LogP contribution in [0, 0.1) is 5.92 Å². The molecule has 4 nitrogen and oxygen atoms in total. The minimum absolute atomic E-state index is 0.0548. The van der Waals surface area contributed by atoms with E-state index in [4.69, 9.17) is 0 Å². The highest BCUT2D eigenvalue weighted by molar-refractivity contribution is 9.09. The van der Waals surface area contributed by atoms with Gasteiger partial charge in [-0.05, 0) is 24.5 Å². The summed E-state index contributed by atoms with van der Waals surface area (Å²) in [7, 11) is 0. The number of nitrogens with zero attached hydrogens (tertiary/aromatic N) is 2. The van der Waals surface area contributed by atoms with E-state index < -0.39 is 0 Å². The fraction of sp³-hybridized carbons (Fsp3) is 0.429. The number of nitrogens with one attached hydrogen (secondary N) is 1. The SMILES string of the molecule is CC(C)C(CCBr)NC(=O)c1cnn2ccccc12. The molecule has 2 aromatic rings. The smallest absolute Gasteiger partial charge is 0.255 e. The first kappa shape index (κ1) is 14.1. The first-order valence-electron chi connectivity index (χ1n) is 6.42. The lowest BCUT2D eigenvalue weighted by Crippen LogP contribution is -2.38. The van der Waals surface area contributed by atoms with Crippen LogP contribution < -0.4 is 5.32 Å². The van der Waals surface area contributed by atoms with Crippen LogP contribution in [0.3, 0.4) is 0 Å². The molecule has 0 spiro atoms. The second-order valence-electron chi connectivity index (χ2n) is 4.89. The number of halogens is 1. The van der Waals surface area contributed by atoms with Gasteiger partial charge >= 0.3 is 0 Å². The van der Waals surface area contributed by atoms with Gasteiger partial charge in [0.1, 0.15) is 0 Å². The third-order valence-corrected chi connectivity index (χ3v) is 3.67. The molecular weight excluding hydrogens is 306 g/mol. The molecule has 0 aliphatic rings. The van der Waals surface area contributed by atoms with E-state index in [2.05, 4.69) is 40.2 Å². The number of pyridine rings is 1. The van der Waals surface area contributed by atoms with E-state index in [1.807, 2.05) is 24.4 Å². The van der Waals surface area contributed by atoms with Crippen LogP contribution in [0.2, 0.25) is 0 Å². The molecule has 1 atom stereocenters. The molecule has 0 aliphatic carbocycles. The monoisotopic (exact) mass is 323 g/mol. The number of hydrogen-bond donors (Lipinski definition) is 1. The van der Waals surface area contributed by atoms with Crippen molar-refractivity contribution in [2.24, 2.45) is 5.92 Å².